The Bertz CT molecular complexity index is 1470. The SMILES string of the molecule is C=CC(=C)C1CC(OCCCCC)C2=C3[C](CCN(C(=C)c4ccc(C(C)(F)F)nc4)C3C1)[N+](c1ccc(C3CC3)cc1)=N2.CC. The lowest BCUT2D eigenvalue weighted by molar-refractivity contribution is -0.487. The summed E-state index contributed by atoms with van der Waals surface area (Å²) in [5.74, 6) is -2.15. The van der Waals surface area contributed by atoms with Crippen molar-refractivity contribution < 1.29 is 18.2 Å². The van der Waals surface area contributed by atoms with Crippen molar-refractivity contribution in [3.05, 3.63) is 108 Å². The van der Waals surface area contributed by atoms with Crippen molar-refractivity contribution in [3.63, 3.8) is 0 Å². The monoisotopic (exact) mass is 628 g/mol. The fourth-order valence-electron chi connectivity index (χ4n) is 6.87. The van der Waals surface area contributed by atoms with Crippen LogP contribution in [0.5, 0.6) is 0 Å². The van der Waals surface area contributed by atoms with Crippen LogP contribution in [0.3, 0.4) is 0 Å². The van der Waals surface area contributed by atoms with Crippen LogP contribution in [0, 0.1) is 12.0 Å². The molecule has 5 nitrogen and oxygen atoms in total. The lowest BCUT2D eigenvalue weighted by Gasteiger charge is -2.40. The summed E-state index contributed by atoms with van der Waals surface area (Å²) in [5.41, 5.74) is 6.93. The number of aromatic nitrogens is 1. The van der Waals surface area contributed by atoms with Crippen LogP contribution in [0.1, 0.15) is 102 Å². The minimum absolute atomic E-state index is 0.0287. The Kier molecular flexibility index (Phi) is 10.7. The Balaban J connectivity index is 0.00000204. The first-order valence-electron chi connectivity index (χ1n) is 17.1. The van der Waals surface area contributed by atoms with Crippen molar-refractivity contribution in [2.24, 2.45) is 11.0 Å². The van der Waals surface area contributed by atoms with Gasteiger partial charge in [-0.3, -0.25) is 4.98 Å². The van der Waals surface area contributed by atoms with Gasteiger partial charge >= 0.3 is 0 Å². The smallest absolute Gasteiger partial charge is 0.291 e. The maximum absolute atomic E-state index is 13.9. The van der Waals surface area contributed by atoms with Gasteiger partial charge in [0.15, 0.2) is 0 Å². The van der Waals surface area contributed by atoms with E-state index in [2.05, 4.69) is 65.5 Å². The van der Waals surface area contributed by atoms with Gasteiger partial charge < -0.3 is 9.64 Å². The van der Waals surface area contributed by atoms with E-state index in [0.29, 0.717) is 12.5 Å². The molecule has 1 aromatic heterocycles. The van der Waals surface area contributed by atoms with Gasteiger partial charge in [-0.25, -0.2) is 0 Å². The Hall–Kier alpha value is -3.45. The summed E-state index contributed by atoms with van der Waals surface area (Å²) >= 11 is 0. The van der Waals surface area contributed by atoms with Crippen LogP contribution >= 0.6 is 0 Å². The molecule has 1 aromatic carbocycles. The predicted molar refractivity (Wildman–Crippen MR) is 182 cm³/mol. The van der Waals surface area contributed by atoms with Gasteiger partial charge in [-0.1, -0.05) is 81.8 Å². The highest BCUT2D eigenvalue weighted by Gasteiger charge is 2.53. The number of ether oxygens (including phenoxy) is 1. The van der Waals surface area contributed by atoms with E-state index >= 15 is 0 Å². The summed E-state index contributed by atoms with van der Waals surface area (Å²) in [7, 11) is 0. The molecule has 46 heavy (non-hydrogen) atoms. The Morgan fingerprint density at radius 2 is 1.83 bits per heavy atom. The quantitative estimate of drug-likeness (QED) is 0.133. The molecule has 0 bridgehead atoms. The topological polar surface area (TPSA) is 40.7 Å². The van der Waals surface area contributed by atoms with E-state index in [0.717, 1.165) is 80.2 Å². The fourth-order valence-corrected chi connectivity index (χ4v) is 6.87. The zero-order valence-corrected chi connectivity index (χ0v) is 28.1. The molecule has 1 radical (unpaired) electrons. The number of halogens is 2. The molecule has 3 unspecified atom stereocenters. The van der Waals surface area contributed by atoms with Crippen molar-refractivity contribution in [2.75, 3.05) is 13.2 Å². The van der Waals surface area contributed by atoms with Gasteiger partial charge in [0.2, 0.25) is 5.69 Å². The molecule has 2 aliphatic carbocycles. The Morgan fingerprint density at radius 3 is 2.43 bits per heavy atom. The van der Waals surface area contributed by atoms with Gasteiger partial charge in [-0.15, -0.1) is 0 Å². The average molecular weight is 629 g/mol. The van der Waals surface area contributed by atoms with Gasteiger partial charge in [-0.05, 0) is 66.8 Å². The lowest BCUT2D eigenvalue weighted by atomic mass is 9.83. The molecule has 0 N–H and O–H groups in total. The second-order valence-corrected chi connectivity index (χ2v) is 12.8. The second kappa shape index (κ2) is 14.5. The van der Waals surface area contributed by atoms with Crippen molar-refractivity contribution in [1.82, 2.24) is 9.88 Å². The Labute approximate surface area is 274 Å². The third-order valence-electron chi connectivity index (χ3n) is 9.59. The number of benzene rings is 1. The van der Waals surface area contributed by atoms with E-state index in [9.17, 15) is 8.78 Å². The summed E-state index contributed by atoms with van der Waals surface area (Å²) in [6.07, 6.45) is 11.4. The third kappa shape index (κ3) is 7.10. The van der Waals surface area contributed by atoms with Crippen LogP contribution in [-0.2, 0) is 10.7 Å². The molecule has 3 heterocycles. The maximum atomic E-state index is 13.9. The van der Waals surface area contributed by atoms with Crippen LogP contribution in [0.15, 0.2) is 90.4 Å². The number of azo groups is 2. The van der Waals surface area contributed by atoms with E-state index in [-0.39, 0.29) is 23.8 Å². The number of pyridine rings is 1. The van der Waals surface area contributed by atoms with E-state index in [4.69, 9.17) is 9.85 Å². The molecular weight excluding hydrogens is 578 g/mol. The highest BCUT2D eigenvalue weighted by atomic mass is 19.3. The summed E-state index contributed by atoms with van der Waals surface area (Å²) < 4.78 is 36.6. The van der Waals surface area contributed by atoms with Gasteiger partial charge in [0.1, 0.15) is 17.5 Å². The van der Waals surface area contributed by atoms with Crippen LogP contribution in [0.25, 0.3) is 5.70 Å². The zero-order chi connectivity index (χ0) is 33.0. The van der Waals surface area contributed by atoms with E-state index in [1.165, 1.54) is 42.3 Å². The maximum Gasteiger partial charge on any atom is 0.291 e. The molecule has 7 heteroatoms. The van der Waals surface area contributed by atoms with Crippen molar-refractivity contribution in [1.29, 1.82) is 0 Å². The number of unbranched alkanes of at least 4 members (excludes halogenated alkanes) is 2. The highest BCUT2D eigenvalue weighted by molar-refractivity contribution is 5.63. The number of allylic oxidation sites excluding steroid dienone is 2. The number of rotatable bonds is 12. The van der Waals surface area contributed by atoms with Crippen LogP contribution in [-0.4, -0.2) is 39.9 Å². The molecule has 0 spiro atoms. The number of hydrogen-bond donors (Lipinski definition) is 0. The zero-order valence-electron chi connectivity index (χ0n) is 28.1. The van der Waals surface area contributed by atoms with Gasteiger partial charge in [0, 0.05) is 56.1 Å². The summed E-state index contributed by atoms with van der Waals surface area (Å²) in [6.45, 7) is 21.4. The van der Waals surface area contributed by atoms with Crippen molar-refractivity contribution in [2.45, 2.75) is 103 Å². The molecule has 3 atom stereocenters. The van der Waals surface area contributed by atoms with E-state index in [1.54, 1.807) is 6.07 Å². The standard InChI is InChI=1S/C37H44F2N4O.C2H6/c1-6-8-9-20-44-33-22-29(24(3)7-2)21-32-35-31(43(41-36(33)35)30-15-12-27(13-16-30)26-10-11-26)18-19-42(32)25(4)28-14-17-34(40-23-28)37(5,38)39;1-2/h7,12-17,23,26,29,32-33H,2-4,6,8-11,18-22H2,1,5H3;1-2H3/q+1;. The van der Waals surface area contributed by atoms with Gasteiger partial charge in [-0.2, -0.15) is 8.78 Å². The molecule has 245 valence electrons. The molecule has 4 aliphatic rings. The largest absolute Gasteiger partial charge is 0.372 e. The minimum Gasteiger partial charge on any atom is -0.372 e. The molecule has 1 saturated heterocycles. The average Bonchev–Trinajstić information content (AvgIpc) is 3.87. The predicted octanol–water partition coefficient (Wildman–Crippen LogP) is 10.5. The summed E-state index contributed by atoms with van der Waals surface area (Å²) in [4.78, 5) is 6.41. The lowest BCUT2D eigenvalue weighted by Crippen LogP contribution is -2.44. The third-order valence-corrected chi connectivity index (χ3v) is 9.59. The fraction of sp³-hybridized carbons (Fsp3) is 0.487. The second-order valence-electron chi connectivity index (χ2n) is 12.8. The summed E-state index contributed by atoms with van der Waals surface area (Å²) in [6, 6.07) is 13.2. The molecular formula is C39H50F2N4O+. The van der Waals surface area contributed by atoms with Crippen molar-refractivity contribution in [3.8, 4) is 0 Å². The van der Waals surface area contributed by atoms with Gasteiger partial charge in [0.25, 0.3) is 12.0 Å². The van der Waals surface area contributed by atoms with Crippen molar-refractivity contribution >= 4 is 11.4 Å². The number of alkyl halides is 2. The Morgan fingerprint density at radius 1 is 1.09 bits per heavy atom. The highest BCUT2D eigenvalue weighted by Crippen LogP contribution is 2.50. The first-order valence-corrected chi connectivity index (χ1v) is 17.1. The minimum atomic E-state index is -2.99. The van der Waals surface area contributed by atoms with Gasteiger partial charge in [0.05, 0.1) is 11.6 Å². The molecule has 1 saturated carbocycles. The van der Waals surface area contributed by atoms with E-state index < -0.39 is 5.92 Å². The number of piperidine rings is 1. The van der Waals surface area contributed by atoms with Crippen LogP contribution in [0.4, 0.5) is 14.5 Å². The number of hydrogen-bond acceptors (Lipinski definition) is 4. The molecule has 6 rings (SSSR count). The molecule has 2 fully saturated rings. The normalized spacial score (nSPS) is 22.8. The molecule has 2 aromatic rings. The number of likely N-dealkylation sites (tertiary alicyclic amines) is 1. The number of nitrogens with zero attached hydrogens (tertiary/aromatic N) is 4. The van der Waals surface area contributed by atoms with E-state index in [1.807, 2.05) is 19.9 Å². The van der Waals surface area contributed by atoms with Crippen LogP contribution in [0.2, 0.25) is 0 Å². The molecule has 0 amide bonds. The first kappa shape index (κ1) is 33.9. The molecule has 2 aliphatic heterocycles. The van der Waals surface area contributed by atoms with Crippen LogP contribution < -0.4 is 0 Å². The summed E-state index contributed by atoms with van der Waals surface area (Å²) in [5, 5.41) is 5.32. The first-order chi connectivity index (χ1) is 22.2.